The predicted molar refractivity (Wildman–Crippen MR) is 113 cm³/mol. The van der Waals surface area contributed by atoms with Crippen molar-refractivity contribution in [2.24, 2.45) is 0 Å². The minimum atomic E-state index is 0.125. The van der Waals surface area contributed by atoms with Gasteiger partial charge in [0.2, 0.25) is 0 Å². The Hall–Kier alpha value is -2.31. The Morgan fingerprint density at radius 2 is 1.93 bits per heavy atom. The third-order valence-corrected chi connectivity index (χ3v) is 6.14. The molecular formula is C22H25N3O2S. The van der Waals surface area contributed by atoms with Gasteiger partial charge in [-0.25, -0.2) is 4.98 Å². The molecule has 1 saturated heterocycles. The van der Waals surface area contributed by atoms with Crippen LogP contribution in [0.3, 0.4) is 0 Å². The molecule has 6 heteroatoms. The summed E-state index contributed by atoms with van der Waals surface area (Å²) in [4.78, 5) is 21.8. The van der Waals surface area contributed by atoms with Crippen LogP contribution in [-0.4, -0.2) is 53.4 Å². The summed E-state index contributed by atoms with van der Waals surface area (Å²) in [5.41, 5.74) is 4.71. The molecule has 146 valence electrons. The van der Waals surface area contributed by atoms with Gasteiger partial charge in [-0.1, -0.05) is 43.0 Å². The van der Waals surface area contributed by atoms with Crippen molar-refractivity contribution in [2.45, 2.75) is 24.8 Å². The summed E-state index contributed by atoms with van der Waals surface area (Å²) in [6.07, 6.45) is 0. The topological polar surface area (TPSA) is 49.6 Å². The number of aryl methyl sites for hydroxylation is 1. The number of carbonyl (C=O) groups is 1. The Balaban J connectivity index is 1.42. The van der Waals surface area contributed by atoms with Gasteiger partial charge < -0.3 is 14.2 Å². The lowest BCUT2D eigenvalue weighted by Crippen LogP contribution is -2.48. The zero-order valence-corrected chi connectivity index (χ0v) is 17.2. The minimum absolute atomic E-state index is 0.125. The van der Waals surface area contributed by atoms with E-state index in [0.717, 1.165) is 66.3 Å². The number of nitrogens with zero attached hydrogens (tertiary/aromatic N) is 3. The average Bonchev–Trinajstić information content (AvgIpc) is 3.17. The second kappa shape index (κ2) is 8.37. The molecule has 5 nitrogen and oxygen atoms in total. The molecule has 3 aromatic rings. The molecule has 0 saturated carbocycles. The van der Waals surface area contributed by atoms with Gasteiger partial charge in [-0.3, -0.25) is 4.79 Å². The lowest BCUT2D eigenvalue weighted by molar-refractivity contribution is 0.0643. The number of carbonyl (C=O) groups excluding carboxylic acids is 1. The van der Waals surface area contributed by atoms with Gasteiger partial charge in [-0.2, -0.15) is 0 Å². The molecule has 0 unspecified atom stereocenters. The summed E-state index contributed by atoms with van der Waals surface area (Å²) in [6, 6.07) is 13.9. The predicted octanol–water partition coefficient (Wildman–Crippen LogP) is 4.21. The number of rotatable bonds is 5. The average molecular weight is 396 g/mol. The maximum atomic E-state index is 12.8. The van der Waals surface area contributed by atoms with E-state index in [1.165, 1.54) is 0 Å². The number of thioether (sulfide) groups is 1. The highest BCUT2D eigenvalue weighted by atomic mass is 32.2. The van der Waals surface area contributed by atoms with Crippen molar-refractivity contribution in [3.05, 3.63) is 59.2 Å². The molecule has 0 atom stereocenters. The van der Waals surface area contributed by atoms with Crippen molar-refractivity contribution >= 4 is 28.8 Å². The van der Waals surface area contributed by atoms with E-state index in [1.54, 1.807) is 11.8 Å². The second-order valence-electron chi connectivity index (χ2n) is 7.12. The molecule has 0 bridgehead atoms. The molecule has 2 heterocycles. The molecule has 0 spiro atoms. The molecule has 1 fully saturated rings. The Morgan fingerprint density at radius 3 is 2.68 bits per heavy atom. The van der Waals surface area contributed by atoms with Crippen LogP contribution in [0.4, 0.5) is 0 Å². The van der Waals surface area contributed by atoms with Gasteiger partial charge in [0.25, 0.3) is 11.1 Å². The third kappa shape index (κ3) is 4.08. The minimum Gasteiger partial charge on any atom is -0.431 e. The monoisotopic (exact) mass is 395 g/mol. The Labute approximate surface area is 169 Å². The first kappa shape index (κ1) is 19.0. The number of piperazine rings is 1. The Kier molecular flexibility index (Phi) is 5.69. The molecule has 0 aliphatic carbocycles. The van der Waals surface area contributed by atoms with Crippen LogP contribution in [0.25, 0.3) is 11.1 Å². The quantitative estimate of drug-likeness (QED) is 0.606. The van der Waals surface area contributed by atoms with Gasteiger partial charge in [-0.05, 0) is 42.8 Å². The first-order chi connectivity index (χ1) is 13.6. The number of para-hydroxylation sites is 1. The van der Waals surface area contributed by atoms with E-state index in [9.17, 15) is 4.79 Å². The highest BCUT2D eigenvalue weighted by molar-refractivity contribution is 7.98. The number of likely N-dealkylation sites (N-methyl/N-ethyl adjacent to an activating group) is 1. The summed E-state index contributed by atoms with van der Waals surface area (Å²) in [5.74, 6) is 0.844. The van der Waals surface area contributed by atoms with Gasteiger partial charge in [0.05, 0.1) is 0 Å². The Morgan fingerprint density at radius 1 is 1.14 bits per heavy atom. The standard InChI is InChI=1S/C22H25N3O2S/c1-3-24-10-12-25(13-11-24)21(26)18-8-5-7-17(14-18)15-28-22-23-20-16(2)6-4-9-19(20)27-22/h4-9,14H,3,10-13,15H2,1-2H3. The fourth-order valence-electron chi connectivity index (χ4n) is 3.52. The lowest BCUT2D eigenvalue weighted by atomic mass is 10.1. The van der Waals surface area contributed by atoms with Crippen LogP contribution in [-0.2, 0) is 5.75 Å². The van der Waals surface area contributed by atoms with Crippen LogP contribution < -0.4 is 0 Å². The van der Waals surface area contributed by atoms with Crippen molar-refractivity contribution in [1.82, 2.24) is 14.8 Å². The number of aromatic nitrogens is 1. The van der Waals surface area contributed by atoms with E-state index in [4.69, 9.17) is 4.42 Å². The number of hydrogen-bond donors (Lipinski definition) is 0. The van der Waals surface area contributed by atoms with Crippen LogP contribution in [0, 0.1) is 6.92 Å². The molecule has 28 heavy (non-hydrogen) atoms. The van der Waals surface area contributed by atoms with Gasteiger partial charge in [-0.15, -0.1) is 0 Å². The van der Waals surface area contributed by atoms with Crippen LogP contribution in [0.15, 0.2) is 52.1 Å². The number of amides is 1. The summed E-state index contributed by atoms with van der Waals surface area (Å²) < 4.78 is 5.84. The van der Waals surface area contributed by atoms with Crippen molar-refractivity contribution in [3.63, 3.8) is 0 Å². The molecule has 1 aliphatic rings. The van der Waals surface area contributed by atoms with Gasteiger partial charge in [0, 0.05) is 37.5 Å². The zero-order valence-electron chi connectivity index (χ0n) is 16.4. The molecule has 4 rings (SSSR count). The van der Waals surface area contributed by atoms with Gasteiger partial charge >= 0.3 is 0 Å². The van der Waals surface area contributed by atoms with Crippen molar-refractivity contribution < 1.29 is 9.21 Å². The van der Waals surface area contributed by atoms with Crippen LogP contribution in [0.5, 0.6) is 0 Å². The van der Waals surface area contributed by atoms with Crippen LogP contribution in [0.2, 0.25) is 0 Å². The molecule has 0 radical (unpaired) electrons. The summed E-state index contributed by atoms with van der Waals surface area (Å²) in [7, 11) is 0. The van der Waals surface area contributed by atoms with Crippen molar-refractivity contribution in [3.8, 4) is 0 Å². The van der Waals surface area contributed by atoms with Crippen LogP contribution in [0.1, 0.15) is 28.4 Å². The lowest BCUT2D eigenvalue weighted by Gasteiger charge is -2.34. The van der Waals surface area contributed by atoms with E-state index in [0.29, 0.717) is 5.22 Å². The van der Waals surface area contributed by atoms with Gasteiger partial charge in [0.1, 0.15) is 5.52 Å². The van der Waals surface area contributed by atoms with Crippen molar-refractivity contribution in [2.75, 3.05) is 32.7 Å². The van der Waals surface area contributed by atoms with Gasteiger partial charge in [0.15, 0.2) is 5.58 Å². The zero-order chi connectivity index (χ0) is 19.5. The normalized spacial score (nSPS) is 15.3. The first-order valence-electron chi connectivity index (χ1n) is 9.73. The fraction of sp³-hybridized carbons (Fsp3) is 0.364. The maximum Gasteiger partial charge on any atom is 0.257 e. The molecule has 1 amide bonds. The van der Waals surface area contributed by atoms with E-state index in [1.807, 2.05) is 54.3 Å². The van der Waals surface area contributed by atoms with E-state index >= 15 is 0 Å². The third-order valence-electron chi connectivity index (χ3n) is 5.24. The number of benzene rings is 2. The van der Waals surface area contributed by atoms with Crippen LogP contribution >= 0.6 is 11.8 Å². The first-order valence-corrected chi connectivity index (χ1v) is 10.7. The second-order valence-corrected chi connectivity index (χ2v) is 8.04. The summed E-state index contributed by atoms with van der Waals surface area (Å²) in [5, 5.41) is 0.664. The fourth-order valence-corrected chi connectivity index (χ4v) is 4.29. The molecular weight excluding hydrogens is 370 g/mol. The Bertz CT molecular complexity index is 977. The highest BCUT2D eigenvalue weighted by Crippen LogP contribution is 2.28. The molecule has 2 aromatic carbocycles. The summed E-state index contributed by atoms with van der Waals surface area (Å²) in [6.45, 7) is 8.75. The number of fused-ring (bicyclic) bond motifs is 1. The molecule has 1 aliphatic heterocycles. The molecule has 0 N–H and O–H groups in total. The smallest absolute Gasteiger partial charge is 0.257 e. The number of hydrogen-bond acceptors (Lipinski definition) is 5. The highest BCUT2D eigenvalue weighted by Gasteiger charge is 2.21. The number of oxazole rings is 1. The van der Waals surface area contributed by atoms with E-state index in [2.05, 4.69) is 16.8 Å². The van der Waals surface area contributed by atoms with E-state index in [-0.39, 0.29) is 5.91 Å². The molecule has 1 aromatic heterocycles. The SMILES string of the molecule is CCN1CCN(C(=O)c2cccc(CSc3nc4c(C)cccc4o3)c2)CC1. The van der Waals surface area contributed by atoms with Crippen molar-refractivity contribution in [1.29, 1.82) is 0 Å². The summed E-state index contributed by atoms with van der Waals surface area (Å²) >= 11 is 1.56. The largest absolute Gasteiger partial charge is 0.431 e. The van der Waals surface area contributed by atoms with E-state index < -0.39 is 0 Å². The maximum absolute atomic E-state index is 12.8.